The van der Waals surface area contributed by atoms with E-state index >= 15 is 0 Å². The fourth-order valence-electron chi connectivity index (χ4n) is 2.99. The van der Waals surface area contributed by atoms with Crippen LogP contribution in [-0.4, -0.2) is 40.7 Å². The number of carboxylic acids is 1. The SMILES string of the molecule is COc1cc(C)cc2cc3n(c12)CCN(CC(=O)O)C3. The molecule has 1 N–H and O–H groups in total. The lowest BCUT2D eigenvalue weighted by Gasteiger charge is -2.27. The second-order valence-electron chi connectivity index (χ2n) is 5.30. The Morgan fingerprint density at radius 3 is 2.85 bits per heavy atom. The van der Waals surface area contributed by atoms with E-state index < -0.39 is 5.97 Å². The number of hydrogen-bond acceptors (Lipinski definition) is 3. The van der Waals surface area contributed by atoms with Gasteiger partial charge in [-0.2, -0.15) is 0 Å². The van der Waals surface area contributed by atoms with Crippen LogP contribution in [-0.2, 0) is 17.9 Å². The molecule has 0 fully saturated rings. The van der Waals surface area contributed by atoms with E-state index in [4.69, 9.17) is 9.84 Å². The van der Waals surface area contributed by atoms with Gasteiger partial charge in [-0.3, -0.25) is 9.69 Å². The fourth-order valence-corrected chi connectivity index (χ4v) is 2.99. The van der Waals surface area contributed by atoms with Gasteiger partial charge in [-0.1, -0.05) is 0 Å². The molecule has 2 aromatic rings. The molecule has 20 heavy (non-hydrogen) atoms. The van der Waals surface area contributed by atoms with Crippen molar-refractivity contribution in [2.24, 2.45) is 0 Å². The smallest absolute Gasteiger partial charge is 0.317 e. The van der Waals surface area contributed by atoms with Crippen molar-refractivity contribution in [3.8, 4) is 5.75 Å². The molecule has 2 heterocycles. The molecular formula is C15H18N2O3. The first-order valence-electron chi connectivity index (χ1n) is 6.69. The van der Waals surface area contributed by atoms with Crippen molar-refractivity contribution in [3.05, 3.63) is 29.5 Å². The highest BCUT2D eigenvalue weighted by molar-refractivity contribution is 5.88. The van der Waals surface area contributed by atoms with Crippen molar-refractivity contribution >= 4 is 16.9 Å². The van der Waals surface area contributed by atoms with E-state index in [1.807, 2.05) is 11.0 Å². The van der Waals surface area contributed by atoms with E-state index in [0.29, 0.717) is 6.54 Å². The Labute approximate surface area is 117 Å². The Kier molecular flexibility index (Phi) is 3.14. The number of hydrogen-bond donors (Lipinski definition) is 1. The summed E-state index contributed by atoms with van der Waals surface area (Å²) in [4.78, 5) is 12.8. The van der Waals surface area contributed by atoms with Crippen LogP contribution in [0.25, 0.3) is 10.9 Å². The summed E-state index contributed by atoms with van der Waals surface area (Å²) in [5.74, 6) is 0.112. The Balaban J connectivity index is 2.04. The highest BCUT2D eigenvalue weighted by atomic mass is 16.5. The molecule has 5 nitrogen and oxygen atoms in total. The van der Waals surface area contributed by atoms with Gasteiger partial charge in [-0.15, -0.1) is 0 Å². The predicted octanol–water partition coefficient (Wildman–Crippen LogP) is 1.86. The second kappa shape index (κ2) is 4.83. The number of aliphatic carboxylic acids is 1. The Morgan fingerprint density at radius 2 is 2.15 bits per heavy atom. The summed E-state index contributed by atoms with van der Waals surface area (Å²) in [5.41, 5.74) is 3.43. The van der Waals surface area contributed by atoms with Gasteiger partial charge in [0.1, 0.15) is 5.75 Å². The molecule has 1 aliphatic heterocycles. The number of aromatic nitrogens is 1. The maximum Gasteiger partial charge on any atom is 0.317 e. The highest BCUT2D eigenvalue weighted by Crippen LogP contribution is 2.32. The summed E-state index contributed by atoms with van der Waals surface area (Å²) in [6, 6.07) is 6.32. The van der Waals surface area contributed by atoms with Gasteiger partial charge in [0.15, 0.2) is 0 Å². The fraction of sp³-hybridized carbons (Fsp3) is 0.400. The van der Waals surface area contributed by atoms with Gasteiger partial charge < -0.3 is 14.4 Å². The van der Waals surface area contributed by atoms with E-state index in [2.05, 4.69) is 23.6 Å². The van der Waals surface area contributed by atoms with E-state index in [0.717, 1.165) is 35.4 Å². The third kappa shape index (κ3) is 2.14. The Morgan fingerprint density at radius 1 is 1.35 bits per heavy atom. The molecule has 0 saturated heterocycles. The van der Waals surface area contributed by atoms with Crippen molar-refractivity contribution in [3.63, 3.8) is 0 Å². The minimum absolute atomic E-state index is 0.0949. The lowest BCUT2D eigenvalue weighted by Crippen LogP contribution is -2.36. The van der Waals surface area contributed by atoms with Crippen LogP contribution >= 0.6 is 0 Å². The minimum atomic E-state index is -0.775. The van der Waals surface area contributed by atoms with Crippen LogP contribution in [0.4, 0.5) is 0 Å². The molecule has 0 bridgehead atoms. The molecule has 0 amide bonds. The van der Waals surface area contributed by atoms with Crippen LogP contribution in [0.3, 0.4) is 0 Å². The van der Waals surface area contributed by atoms with Crippen molar-refractivity contribution in [2.75, 3.05) is 20.2 Å². The minimum Gasteiger partial charge on any atom is -0.495 e. The van der Waals surface area contributed by atoms with E-state index in [-0.39, 0.29) is 6.54 Å². The average molecular weight is 274 g/mol. The van der Waals surface area contributed by atoms with Crippen LogP contribution in [0.15, 0.2) is 18.2 Å². The molecule has 0 atom stereocenters. The van der Waals surface area contributed by atoms with E-state index in [1.165, 1.54) is 5.56 Å². The van der Waals surface area contributed by atoms with Crippen molar-refractivity contribution in [1.29, 1.82) is 0 Å². The van der Waals surface area contributed by atoms with E-state index in [9.17, 15) is 4.79 Å². The quantitative estimate of drug-likeness (QED) is 0.928. The Bertz CT molecular complexity index is 675. The monoisotopic (exact) mass is 274 g/mol. The molecule has 0 saturated carbocycles. The molecule has 0 unspecified atom stereocenters. The molecule has 106 valence electrons. The first-order chi connectivity index (χ1) is 9.58. The predicted molar refractivity (Wildman–Crippen MR) is 76.1 cm³/mol. The zero-order chi connectivity index (χ0) is 14.3. The molecule has 1 aliphatic rings. The summed E-state index contributed by atoms with van der Waals surface area (Å²) in [6.07, 6.45) is 0. The van der Waals surface area contributed by atoms with Crippen LogP contribution in [0.1, 0.15) is 11.3 Å². The van der Waals surface area contributed by atoms with E-state index in [1.54, 1.807) is 7.11 Å². The molecule has 3 rings (SSSR count). The first-order valence-corrected chi connectivity index (χ1v) is 6.69. The van der Waals surface area contributed by atoms with Gasteiger partial charge in [0.2, 0.25) is 0 Å². The number of methoxy groups -OCH3 is 1. The third-order valence-corrected chi connectivity index (χ3v) is 3.79. The maximum absolute atomic E-state index is 10.8. The first kappa shape index (κ1) is 13.0. The molecule has 0 radical (unpaired) electrons. The van der Waals surface area contributed by atoms with Crippen LogP contribution < -0.4 is 4.74 Å². The van der Waals surface area contributed by atoms with Crippen molar-refractivity contribution in [1.82, 2.24) is 9.47 Å². The number of aryl methyl sites for hydroxylation is 1. The molecule has 5 heteroatoms. The van der Waals surface area contributed by atoms with Gasteiger partial charge in [0.25, 0.3) is 0 Å². The topological polar surface area (TPSA) is 54.7 Å². The lowest BCUT2D eigenvalue weighted by atomic mass is 10.1. The Hall–Kier alpha value is -2.01. The number of rotatable bonds is 3. The zero-order valence-electron chi connectivity index (χ0n) is 11.7. The lowest BCUT2D eigenvalue weighted by molar-refractivity contribution is -0.138. The molecule has 0 aliphatic carbocycles. The maximum atomic E-state index is 10.8. The molecule has 1 aromatic carbocycles. The molecule has 1 aromatic heterocycles. The number of carbonyl (C=O) groups is 1. The van der Waals surface area contributed by atoms with Crippen LogP contribution in [0, 0.1) is 6.92 Å². The number of nitrogens with zero attached hydrogens (tertiary/aromatic N) is 2. The van der Waals surface area contributed by atoms with Gasteiger partial charge in [0, 0.05) is 30.7 Å². The number of carboxylic acid groups (broad SMARTS) is 1. The summed E-state index contributed by atoms with van der Waals surface area (Å²) in [7, 11) is 1.69. The molecular weight excluding hydrogens is 256 g/mol. The second-order valence-corrected chi connectivity index (χ2v) is 5.30. The van der Waals surface area contributed by atoms with Gasteiger partial charge >= 0.3 is 5.97 Å². The third-order valence-electron chi connectivity index (χ3n) is 3.79. The van der Waals surface area contributed by atoms with Crippen LogP contribution in [0.5, 0.6) is 5.75 Å². The number of benzene rings is 1. The standard InChI is InChI=1S/C15H18N2O3/c1-10-5-11-7-12-8-16(9-14(18)19)3-4-17(12)15(11)13(6-10)20-2/h5-7H,3-4,8-9H2,1-2H3,(H,18,19). The number of fused-ring (bicyclic) bond motifs is 3. The summed E-state index contributed by atoms with van der Waals surface area (Å²) in [6.45, 7) is 4.36. The van der Waals surface area contributed by atoms with Crippen molar-refractivity contribution < 1.29 is 14.6 Å². The average Bonchev–Trinajstić information content (AvgIpc) is 2.73. The number of ether oxygens (including phenoxy) is 1. The van der Waals surface area contributed by atoms with Crippen molar-refractivity contribution in [2.45, 2.75) is 20.0 Å². The molecule has 0 spiro atoms. The summed E-state index contributed by atoms with van der Waals surface area (Å²) in [5, 5.41) is 10.1. The normalized spacial score (nSPS) is 15.3. The van der Waals surface area contributed by atoms with Gasteiger partial charge in [-0.25, -0.2) is 0 Å². The van der Waals surface area contributed by atoms with Gasteiger partial charge in [-0.05, 0) is 30.7 Å². The zero-order valence-corrected chi connectivity index (χ0v) is 11.7. The highest BCUT2D eigenvalue weighted by Gasteiger charge is 2.21. The van der Waals surface area contributed by atoms with Gasteiger partial charge in [0.05, 0.1) is 19.2 Å². The summed E-state index contributed by atoms with van der Waals surface area (Å²) >= 11 is 0. The largest absolute Gasteiger partial charge is 0.495 e. The van der Waals surface area contributed by atoms with Crippen LogP contribution in [0.2, 0.25) is 0 Å². The summed E-state index contributed by atoms with van der Waals surface area (Å²) < 4.78 is 7.74.